The number of nitrogen functional groups attached to an aromatic ring is 1. The minimum Gasteiger partial charge on any atom is -0.398 e. The molecule has 0 aliphatic rings. The summed E-state index contributed by atoms with van der Waals surface area (Å²) in [6.07, 6.45) is 3.92. The molecule has 0 unspecified atom stereocenters. The van der Waals surface area contributed by atoms with Crippen LogP contribution < -0.4 is 5.73 Å². The number of anilines is 1. The second kappa shape index (κ2) is 3.94. The van der Waals surface area contributed by atoms with Crippen LogP contribution in [-0.4, -0.2) is 0 Å². The molecule has 0 radical (unpaired) electrons. The van der Waals surface area contributed by atoms with Gasteiger partial charge in [0.25, 0.3) is 0 Å². The standard InChI is InChI=1S/C12H15N/c1-4-9(2)8-11-6-5-7-12(13)10(11)3/h4-8H,1,13H2,2-3H3/b9-8-. The zero-order valence-corrected chi connectivity index (χ0v) is 8.17. The van der Waals surface area contributed by atoms with Crippen LogP contribution in [0.15, 0.2) is 36.4 Å². The first kappa shape index (κ1) is 9.59. The van der Waals surface area contributed by atoms with E-state index in [2.05, 4.69) is 18.7 Å². The number of hydrogen-bond acceptors (Lipinski definition) is 1. The third kappa shape index (κ3) is 2.22. The maximum absolute atomic E-state index is 5.78. The van der Waals surface area contributed by atoms with Crippen LogP contribution in [0.2, 0.25) is 0 Å². The van der Waals surface area contributed by atoms with Gasteiger partial charge in [-0.1, -0.05) is 36.4 Å². The number of nitrogens with two attached hydrogens (primary N) is 1. The van der Waals surface area contributed by atoms with Gasteiger partial charge in [-0.15, -0.1) is 0 Å². The molecule has 0 aliphatic carbocycles. The van der Waals surface area contributed by atoms with Crippen molar-refractivity contribution in [1.29, 1.82) is 0 Å². The van der Waals surface area contributed by atoms with Crippen LogP contribution in [0.1, 0.15) is 18.1 Å². The van der Waals surface area contributed by atoms with Gasteiger partial charge in [-0.25, -0.2) is 0 Å². The second-order valence-electron chi connectivity index (χ2n) is 3.15. The van der Waals surface area contributed by atoms with Gasteiger partial charge in [-0.05, 0) is 31.0 Å². The summed E-state index contributed by atoms with van der Waals surface area (Å²) in [5.41, 5.74) is 10.1. The molecule has 0 aromatic heterocycles. The fourth-order valence-electron chi connectivity index (χ4n) is 1.13. The van der Waals surface area contributed by atoms with E-state index in [0.717, 1.165) is 22.4 Å². The third-order valence-electron chi connectivity index (χ3n) is 2.12. The summed E-state index contributed by atoms with van der Waals surface area (Å²) in [6, 6.07) is 5.93. The molecule has 0 atom stereocenters. The zero-order chi connectivity index (χ0) is 9.84. The molecule has 1 heteroatoms. The number of allylic oxidation sites excluding steroid dienone is 2. The van der Waals surface area contributed by atoms with Crippen LogP contribution in [0, 0.1) is 6.92 Å². The molecule has 2 N–H and O–H groups in total. The maximum Gasteiger partial charge on any atom is 0.0349 e. The molecule has 0 spiro atoms. The topological polar surface area (TPSA) is 26.0 Å². The van der Waals surface area contributed by atoms with E-state index < -0.39 is 0 Å². The summed E-state index contributed by atoms with van der Waals surface area (Å²) in [4.78, 5) is 0. The van der Waals surface area contributed by atoms with Crippen molar-refractivity contribution in [1.82, 2.24) is 0 Å². The molecule has 13 heavy (non-hydrogen) atoms. The van der Waals surface area contributed by atoms with Crippen LogP contribution in [0.4, 0.5) is 5.69 Å². The summed E-state index contributed by atoms with van der Waals surface area (Å²) in [7, 11) is 0. The predicted octanol–water partition coefficient (Wildman–Crippen LogP) is 3.17. The van der Waals surface area contributed by atoms with E-state index in [1.54, 1.807) is 0 Å². The van der Waals surface area contributed by atoms with Gasteiger partial charge in [0.05, 0.1) is 0 Å². The molecule has 0 heterocycles. The van der Waals surface area contributed by atoms with Crippen molar-refractivity contribution in [2.75, 3.05) is 5.73 Å². The van der Waals surface area contributed by atoms with E-state index in [9.17, 15) is 0 Å². The molecule has 1 rings (SSSR count). The van der Waals surface area contributed by atoms with Crippen LogP contribution in [0.25, 0.3) is 6.08 Å². The Bertz CT molecular complexity index is 348. The Morgan fingerprint density at radius 1 is 1.46 bits per heavy atom. The summed E-state index contributed by atoms with van der Waals surface area (Å²) in [6.45, 7) is 7.76. The Hall–Kier alpha value is -1.50. The van der Waals surface area contributed by atoms with Crippen LogP contribution in [-0.2, 0) is 0 Å². The van der Waals surface area contributed by atoms with Crippen molar-refractivity contribution in [3.8, 4) is 0 Å². The predicted molar refractivity (Wildman–Crippen MR) is 59.4 cm³/mol. The average molecular weight is 173 g/mol. The lowest BCUT2D eigenvalue weighted by Crippen LogP contribution is -1.91. The van der Waals surface area contributed by atoms with Crippen molar-refractivity contribution < 1.29 is 0 Å². The Kier molecular flexibility index (Phi) is 2.91. The van der Waals surface area contributed by atoms with Crippen LogP contribution in [0.5, 0.6) is 0 Å². The fourth-order valence-corrected chi connectivity index (χ4v) is 1.13. The van der Waals surface area contributed by atoms with E-state index in [0.29, 0.717) is 0 Å². The third-order valence-corrected chi connectivity index (χ3v) is 2.12. The van der Waals surface area contributed by atoms with Crippen molar-refractivity contribution in [3.63, 3.8) is 0 Å². The van der Waals surface area contributed by atoms with Gasteiger partial charge in [-0.3, -0.25) is 0 Å². The summed E-state index contributed by atoms with van der Waals surface area (Å²) >= 11 is 0. The molecule has 0 aliphatic heterocycles. The van der Waals surface area contributed by atoms with E-state index >= 15 is 0 Å². The molecule has 0 bridgehead atoms. The molecule has 0 fully saturated rings. The first-order chi connectivity index (χ1) is 6.15. The first-order valence-electron chi connectivity index (χ1n) is 4.31. The molecular weight excluding hydrogens is 158 g/mol. The van der Waals surface area contributed by atoms with Crippen LogP contribution >= 0.6 is 0 Å². The van der Waals surface area contributed by atoms with Crippen molar-refractivity contribution >= 4 is 11.8 Å². The Morgan fingerprint density at radius 2 is 2.15 bits per heavy atom. The van der Waals surface area contributed by atoms with E-state index in [-0.39, 0.29) is 0 Å². The highest BCUT2D eigenvalue weighted by molar-refractivity contribution is 5.64. The highest BCUT2D eigenvalue weighted by atomic mass is 14.6. The summed E-state index contributed by atoms with van der Waals surface area (Å²) in [5.74, 6) is 0. The van der Waals surface area contributed by atoms with Crippen molar-refractivity contribution in [2.45, 2.75) is 13.8 Å². The monoisotopic (exact) mass is 173 g/mol. The van der Waals surface area contributed by atoms with E-state index in [1.807, 2.05) is 32.1 Å². The number of benzene rings is 1. The maximum atomic E-state index is 5.78. The normalized spacial score (nSPS) is 11.4. The highest BCUT2D eigenvalue weighted by Crippen LogP contribution is 2.18. The van der Waals surface area contributed by atoms with Crippen molar-refractivity contribution in [2.24, 2.45) is 0 Å². The molecule has 0 saturated carbocycles. The quantitative estimate of drug-likeness (QED) is 0.539. The second-order valence-corrected chi connectivity index (χ2v) is 3.15. The van der Waals surface area contributed by atoms with Crippen molar-refractivity contribution in [3.05, 3.63) is 47.6 Å². The fraction of sp³-hybridized carbons (Fsp3) is 0.167. The largest absolute Gasteiger partial charge is 0.398 e. The molecule has 1 aromatic carbocycles. The molecule has 68 valence electrons. The lowest BCUT2D eigenvalue weighted by atomic mass is 10.0. The summed E-state index contributed by atoms with van der Waals surface area (Å²) < 4.78 is 0. The molecule has 0 saturated heterocycles. The molecular formula is C12H15N. The minimum absolute atomic E-state index is 0.839. The van der Waals surface area contributed by atoms with Gasteiger partial charge in [-0.2, -0.15) is 0 Å². The number of hydrogen-bond donors (Lipinski definition) is 1. The van der Waals surface area contributed by atoms with Gasteiger partial charge in [0.15, 0.2) is 0 Å². The lowest BCUT2D eigenvalue weighted by Gasteiger charge is -2.04. The average Bonchev–Trinajstić information content (AvgIpc) is 2.13. The smallest absolute Gasteiger partial charge is 0.0349 e. The van der Waals surface area contributed by atoms with Crippen LogP contribution in [0.3, 0.4) is 0 Å². The van der Waals surface area contributed by atoms with E-state index in [4.69, 9.17) is 5.73 Å². The number of rotatable bonds is 2. The minimum atomic E-state index is 0.839. The van der Waals surface area contributed by atoms with Gasteiger partial charge in [0.2, 0.25) is 0 Å². The van der Waals surface area contributed by atoms with Gasteiger partial charge < -0.3 is 5.73 Å². The zero-order valence-electron chi connectivity index (χ0n) is 8.17. The molecule has 0 amide bonds. The Labute approximate surface area is 79.6 Å². The van der Waals surface area contributed by atoms with E-state index in [1.165, 1.54) is 0 Å². The van der Waals surface area contributed by atoms with Gasteiger partial charge in [0, 0.05) is 5.69 Å². The molecule has 1 nitrogen and oxygen atoms in total. The SMILES string of the molecule is C=C/C(C)=C\c1cccc(N)c1C. The Morgan fingerprint density at radius 3 is 2.77 bits per heavy atom. The highest BCUT2D eigenvalue weighted by Gasteiger charge is 1.97. The Balaban J connectivity index is 3.16. The summed E-state index contributed by atoms with van der Waals surface area (Å²) in [5, 5.41) is 0. The lowest BCUT2D eigenvalue weighted by molar-refractivity contribution is 1.43. The van der Waals surface area contributed by atoms with Gasteiger partial charge in [0.1, 0.15) is 0 Å². The molecule has 1 aromatic rings. The van der Waals surface area contributed by atoms with Gasteiger partial charge >= 0.3 is 0 Å². The first-order valence-corrected chi connectivity index (χ1v) is 4.31.